The number of hydrogen-bond acceptors (Lipinski definition) is 1. The second-order valence-corrected chi connectivity index (χ2v) is 5.79. The zero-order chi connectivity index (χ0) is 14.8. The molecule has 21 heavy (non-hydrogen) atoms. The Bertz CT molecular complexity index is 761. The molecule has 106 valence electrons. The van der Waals surface area contributed by atoms with Crippen LogP contribution in [-0.4, -0.2) is 14.1 Å². The Kier molecular flexibility index (Phi) is 3.63. The molecule has 0 radical (unpaired) electrons. The molecule has 3 rings (SSSR count). The maximum atomic E-state index is 6.36. The van der Waals surface area contributed by atoms with Gasteiger partial charge in [0.05, 0.1) is 14.1 Å². The smallest absolute Gasteiger partial charge is 0.105 e. The Hall–Kier alpha value is -2.32. The van der Waals surface area contributed by atoms with E-state index in [0.717, 1.165) is 12.2 Å². The van der Waals surface area contributed by atoms with Crippen LogP contribution in [0.4, 0.5) is 5.69 Å². The lowest BCUT2D eigenvalue weighted by molar-refractivity contribution is -0.872. The first-order chi connectivity index (χ1) is 10.2. The van der Waals surface area contributed by atoms with Crippen molar-refractivity contribution in [1.29, 1.82) is 0 Å². The van der Waals surface area contributed by atoms with Gasteiger partial charge in [-0.05, 0) is 22.4 Å². The number of nitrogen functional groups attached to an aromatic ring is 1. The predicted octanol–water partition coefficient (Wildman–Crippen LogP) is 2.73. The third-order valence-electron chi connectivity index (χ3n) is 3.78. The first-order valence-electron chi connectivity index (χ1n) is 7.31. The van der Waals surface area contributed by atoms with E-state index in [-0.39, 0.29) is 0 Å². The van der Waals surface area contributed by atoms with E-state index in [2.05, 4.69) is 74.8 Å². The van der Waals surface area contributed by atoms with Crippen LogP contribution in [0.25, 0.3) is 21.9 Å². The SMILES string of the molecule is C[NH+](C)Cc1c(N)cc2ccccc2c1-c1ccccc1. The Morgan fingerprint density at radius 2 is 1.57 bits per heavy atom. The van der Waals surface area contributed by atoms with E-state index in [9.17, 15) is 0 Å². The molecule has 0 spiro atoms. The van der Waals surface area contributed by atoms with Gasteiger partial charge >= 0.3 is 0 Å². The van der Waals surface area contributed by atoms with Gasteiger partial charge in [-0.25, -0.2) is 0 Å². The number of nitrogens with one attached hydrogen (secondary N) is 1. The highest BCUT2D eigenvalue weighted by molar-refractivity contribution is 6.01. The van der Waals surface area contributed by atoms with Crippen LogP contribution in [0, 0.1) is 0 Å². The minimum absolute atomic E-state index is 0.883. The Morgan fingerprint density at radius 1 is 0.905 bits per heavy atom. The summed E-state index contributed by atoms with van der Waals surface area (Å²) >= 11 is 0. The molecule has 0 unspecified atom stereocenters. The molecule has 0 amide bonds. The van der Waals surface area contributed by atoms with Gasteiger partial charge in [0.15, 0.2) is 0 Å². The Balaban J connectivity index is 2.36. The normalized spacial score (nSPS) is 11.2. The van der Waals surface area contributed by atoms with Gasteiger partial charge in [-0.1, -0.05) is 54.6 Å². The summed E-state index contributed by atoms with van der Waals surface area (Å²) < 4.78 is 0. The molecule has 0 saturated heterocycles. The zero-order valence-corrected chi connectivity index (χ0v) is 12.6. The third kappa shape index (κ3) is 2.63. The van der Waals surface area contributed by atoms with E-state index < -0.39 is 0 Å². The molecule has 0 aromatic heterocycles. The lowest BCUT2D eigenvalue weighted by Crippen LogP contribution is -3.04. The number of nitrogens with two attached hydrogens (primary N) is 1. The zero-order valence-electron chi connectivity index (χ0n) is 12.6. The minimum atomic E-state index is 0.883. The maximum absolute atomic E-state index is 6.36. The highest BCUT2D eigenvalue weighted by Crippen LogP contribution is 2.35. The Labute approximate surface area is 125 Å². The van der Waals surface area contributed by atoms with Gasteiger partial charge in [0.25, 0.3) is 0 Å². The van der Waals surface area contributed by atoms with Crippen molar-refractivity contribution in [3.8, 4) is 11.1 Å². The van der Waals surface area contributed by atoms with Gasteiger partial charge in [0, 0.05) is 16.8 Å². The molecule has 0 saturated carbocycles. The largest absolute Gasteiger partial charge is 0.398 e. The molecule has 0 aliphatic rings. The van der Waals surface area contributed by atoms with Crippen LogP contribution in [0.2, 0.25) is 0 Å². The Morgan fingerprint density at radius 3 is 2.29 bits per heavy atom. The molecule has 0 aliphatic heterocycles. The van der Waals surface area contributed by atoms with Crippen molar-refractivity contribution in [3.05, 3.63) is 66.2 Å². The molecule has 3 N–H and O–H groups in total. The van der Waals surface area contributed by atoms with Crippen molar-refractivity contribution in [2.45, 2.75) is 6.54 Å². The van der Waals surface area contributed by atoms with E-state index >= 15 is 0 Å². The van der Waals surface area contributed by atoms with Crippen molar-refractivity contribution >= 4 is 16.5 Å². The van der Waals surface area contributed by atoms with Crippen LogP contribution >= 0.6 is 0 Å². The second-order valence-electron chi connectivity index (χ2n) is 5.79. The monoisotopic (exact) mass is 277 g/mol. The molecule has 2 nitrogen and oxygen atoms in total. The van der Waals surface area contributed by atoms with Crippen LogP contribution in [0.15, 0.2) is 60.7 Å². The summed E-state index contributed by atoms with van der Waals surface area (Å²) in [6, 6.07) is 21.1. The number of hydrogen-bond donors (Lipinski definition) is 2. The summed E-state index contributed by atoms with van der Waals surface area (Å²) in [5.41, 5.74) is 11.0. The fraction of sp³-hybridized carbons (Fsp3) is 0.158. The van der Waals surface area contributed by atoms with Gasteiger partial charge in [-0.15, -0.1) is 0 Å². The lowest BCUT2D eigenvalue weighted by atomic mass is 9.92. The number of rotatable bonds is 3. The summed E-state index contributed by atoms with van der Waals surface area (Å²) in [4.78, 5) is 1.37. The van der Waals surface area contributed by atoms with Gasteiger partial charge in [0.1, 0.15) is 6.54 Å². The molecule has 0 atom stereocenters. The van der Waals surface area contributed by atoms with E-state index in [1.54, 1.807) is 0 Å². The van der Waals surface area contributed by atoms with Gasteiger partial charge in [0.2, 0.25) is 0 Å². The van der Waals surface area contributed by atoms with Crippen molar-refractivity contribution in [1.82, 2.24) is 0 Å². The molecule has 0 bridgehead atoms. The minimum Gasteiger partial charge on any atom is -0.398 e. The van der Waals surface area contributed by atoms with Crippen LogP contribution in [-0.2, 0) is 6.54 Å². The summed E-state index contributed by atoms with van der Waals surface area (Å²) in [6.07, 6.45) is 0. The van der Waals surface area contributed by atoms with Gasteiger partial charge < -0.3 is 10.6 Å². The predicted molar refractivity (Wildman–Crippen MR) is 90.3 cm³/mol. The molecule has 3 aromatic carbocycles. The van der Waals surface area contributed by atoms with Crippen LogP contribution in [0.5, 0.6) is 0 Å². The molecule has 0 aliphatic carbocycles. The first-order valence-corrected chi connectivity index (χ1v) is 7.31. The third-order valence-corrected chi connectivity index (χ3v) is 3.78. The fourth-order valence-electron chi connectivity index (χ4n) is 2.89. The standard InChI is InChI=1S/C19H20N2/c1-21(2)13-17-18(20)12-15-10-6-7-11-16(15)19(17)14-8-4-3-5-9-14/h3-12H,13,20H2,1-2H3/p+1. The van der Waals surface area contributed by atoms with Crippen LogP contribution in [0.1, 0.15) is 5.56 Å². The first kappa shape index (κ1) is 13.7. The van der Waals surface area contributed by atoms with E-state index in [1.807, 2.05) is 0 Å². The average Bonchev–Trinajstić information content (AvgIpc) is 2.48. The number of anilines is 1. The highest BCUT2D eigenvalue weighted by Gasteiger charge is 2.15. The van der Waals surface area contributed by atoms with E-state index in [1.165, 1.54) is 32.4 Å². The topological polar surface area (TPSA) is 30.5 Å². The average molecular weight is 277 g/mol. The van der Waals surface area contributed by atoms with Crippen molar-refractivity contribution in [2.24, 2.45) is 0 Å². The molecule has 3 aromatic rings. The molecule has 0 heterocycles. The van der Waals surface area contributed by atoms with Crippen LogP contribution in [0.3, 0.4) is 0 Å². The quantitative estimate of drug-likeness (QED) is 0.709. The molecular formula is C19H21N2+. The lowest BCUT2D eigenvalue weighted by Gasteiger charge is -2.17. The van der Waals surface area contributed by atoms with E-state index in [4.69, 9.17) is 5.73 Å². The molecular weight excluding hydrogens is 256 g/mol. The van der Waals surface area contributed by atoms with Crippen molar-refractivity contribution in [3.63, 3.8) is 0 Å². The van der Waals surface area contributed by atoms with Crippen molar-refractivity contribution in [2.75, 3.05) is 19.8 Å². The molecule has 2 heteroatoms. The van der Waals surface area contributed by atoms with E-state index in [0.29, 0.717) is 0 Å². The van der Waals surface area contributed by atoms with Gasteiger partial charge in [-0.2, -0.15) is 0 Å². The van der Waals surface area contributed by atoms with Gasteiger partial charge in [-0.3, -0.25) is 0 Å². The highest BCUT2D eigenvalue weighted by atomic mass is 15.0. The van der Waals surface area contributed by atoms with Crippen LogP contribution < -0.4 is 10.6 Å². The maximum Gasteiger partial charge on any atom is 0.105 e. The number of quaternary nitrogens is 1. The summed E-state index contributed by atoms with van der Waals surface area (Å²) in [5, 5.41) is 2.47. The molecule has 0 fully saturated rings. The fourth-order valence-corrected chi connectivity index (χ4v) is 2.89. The summed E-state index contributed by atoms with van der Waals surface area (Å²) in [7, 11) is 4.31. The second kappa shape index (κ2) is 5.58. The number of benzene rings is 3. The van der Waals surface area contributed by atoms with Crippen molar-refractivity contribution < 1.29 is 4.90 Å². The summed E-state index contributed by atoms with van der Waals surface area (Å²) in [5.74, 6) is 0. The number of fused-ring (bicyclic) bond motifs is 1. The summed E-state index contributed by atoms with van der Waals surface area (Å²) in [6.45, 7) is 0.918.